The third-order valence-electron chi connectivity index (χ3n) is 4.94. The average molecular weight is 342 g/mol. The van der Waals surface area contributed by atoms with Crippen molar-refractivity contribution >= 4 is 5.78 Å². The summed E-state index contributed by atoms with van der Waals surface area (Å²) in [7, 11) is 0. The predicted octanol–water partition coefficient (Wildman–Crippen LogP) is 6.37. The van der Waals surface area contributed by atoms with Crippen molar-refractivity contribution in [1.82, 2.24) is 0 Å². The Kier molecular flexibility index (Phi) is 6.38. The first-order valence-corrected chi connectivity index (χ1v) is 9.41. The summed E-state index contributed by atoms with van der Waals surface area (Å²) in [5.74, 6) is 0.504. The maximum absolute atomic E-state index is 12.7. The molecule has 0 saturated heterocycles. The van der Waals surface area contributed by atoms with Crippen LogP contribution < -0.4 is 0 Å². The third kappa shape index (κ3) is 5.16. The monoisotopic (exact) mass is 342 g/mol. The van der Waals surface area contributed by atoms with Crippen LogP contribution in [0.3, 0.4) is 0 Å². The average Bonchev–Trinajstić information content (AvgIpc) is 2.70. The minimum absolute atomic E-state index is 0.231. The molecule has 1 heteroatoms. The molecular weight excluding hydrogens is 316 g/mol. The highest BCUT2D eigenvalue weighted by Gasteiger charge is 2.17. The Balaban J connectivity index is 1.65. The van der Waals surface area contributed by atoms with E-state index in [4.69, 9.17) is 0 Å². The molecular formula is C25H26O. The molecule has 0 radical (unpaired) electrons. The van der Waals surface area contributed by atoms with Crippen LogP contribution in [0.1, 0.15) is 52.2 Å². The molecule has 0 aromatic heterocycles. The van der Waals surface area contributed by atoms with Crippen molar-refractivity contribution in [2.24, 2.45) is 0 Å². The maximum atomic E-state index is 12.7. The first kappa shape index (κ1) is 18.1. The third-order valence-corrected chi connectivity index (χ3v) is 4.94. The van der Waals surface area contributed by atoms with E-state index in [0.717, 1.165) is 24.8 Å². The number of hydrogen-bond donors (Lipinski definition) is 0. The summed E-state index contributed by atoms with van der Waals surface area (Å²) < 4.78 is 0. The summed E-state index contributed by atoms with van der Waals surface area (Å²) >= 11 is 0. The quantitative estimate of drug-likeness (QED) is 0.434. The van der Waals surface area contributed by atoms with Crippen LogP contribution >= 0.6 is 0 Å². The number of carbonyl (C=O) groups excluding carboxylic acids is 1. The van der Waals surface area contributed by atoms with Crippen molar-refractivity contribution in [2.75, 3.05) is 0 Å². The minimum atomic E-state index is 0.231. The number of hydrogen-bond acceptors (Lipinski definition) is 1. The Morgan fingerprint density at radius 2 is 1.42 bits per heavy atom. The lowest BCUT2D eigenvalue weighted by atomic mass is 9.87. The first-order valence-electron chi connectivity index (χ1n) is 9.41. The summed E-state index contributed by atoms with van der Waals surface area (Å²) in [6.45, 7) is 2.12. The van der Waals surface area contributed by atoms with Crippen molar-refractivity contribution in [2.45, 2.75) is 38.5 Å². The smallest absolute Gasteiger partial charge is 0.163 e. The van der Waals surface area contributed by atoms with Gasteiger partial charge >= 0.3 is 0 Å². The molecule has 0 aliphatic heterocycles. The Hall–Kier alpha value is -2.67. The highest BCUT2D eigenvalue weighted by molar-refractivity contribution is 5.96. The summed E-state index contributed by atoms with van der Waals surface area (Å²) in [5.41, 5.74) is 4.74. The largest absolute Gasteiger partial charge is 0.294 e. The van der Waals surface area contributed by atoms with Gasteiger partial charge in [0.1, 0.15) is 0 Å². The van der Waals surface area contributed by atoms with E-state index >= 15 is 0 Å². The molecule has 3 aromatic carbocycles. The van der Waals surface area contributed by atoms with Gasteiger partial charge in [-0.15, -0.1) is 0 Å². The van der Waals surface area contributed by atoms with E-state index in [1.54, 1.807) is 0 Å². The first-order chi connectivity index (χ1) is 12.7. The molecule has 132 valence electrons. The molecule has 1 unspecified atom stereocenters. The van der Waals surface area contributed by atoms with Gasteiger partial charge in [0.05, 0.1) is 0 Å². The van der Waals surface area contributed by atoms with Gasteiger partial charge in [0.25, 0.3) is 0 Å². The van der Waals surface area contributed by atoms with Crippen LogP contribution in [0.2, 0.25) is 0 Å². The Labute approximate surface area is 156 Å². The van der Waals surface area contributed by atoms with Crippen molar-refractivity contribution in [3.8, 4) is 0 Å². The highest BCUT2D eigenvalue weighted by Crippen LogP contribution is 2.27. The number of aryl methyl sites for hydroxylation is 2. The fourth-order valence-electron chi connectivity index (χ4n) is 3.38. The van der Waals surface area contributed by atoms with E-state index in [0.29, 0.717) is 6.42 Å². The second-order valence-corrected chi connectivity index (χ2v) is 6.98. The zero-order valence-electron chi connectivity index (χ0n) is 15.4. The van der Waals surface area contributed by atoms with E-state index < -0.39 is 0 Å². The van der Waals surface area contributed by atoms with Crippen molar-refractivity contribution < 1.29 is 4.79 Å². The number of ketones is 1. The fourth-order valence-corrected chi connectivity index (χ4v) is 3.38. The van der Waals surface area contributed by atoms with Gasteiger partial charge in [-0.05, 0) is 43.2 Å². The van der Waals surface area contributed by atoms with E-state index in [1.807, 2.05) is 36.4 Å². The molecule has 0 fully saturated rings. The second-order valence-electron chi connectivity index (χ2n) is 6.98. The highest BCUT2D eigenvalue weighted by atomic mass is 16.1. The van der Waals surface area contributed by atoms with Gasteiger partial charge in [-0.25, -0.2) is 0 Å². The van der Waals surface area contributed by atoms with Crippen LogP contribution in [0.4, 0.5) is 0 Å². The summed E-state index contributed by atoms with van der Waals surface area (Å²) in [5, 5.41) is 0. The molecule has 0 N–H and O–H groups in total. The molecule has 0 aliphatic rings. The SMILES string of the molecule is Cc1ccc(CCCC(CC(=O)c2ccccc2)c2ccccc2)cc1. The maximum Gasteiger partial charge on any atom is 0.163 e. The second kappa shape index (κ2) is 9.15. The van der Waals surface area contributed by atoms with Gasteiger partial charge in [-0.2, -0.15) is 0 Å². The number of carbonyl (C=O) groups is 1. The molecule has 26 heavy (non-hydrogen) atoms. The molecule has 1 nitrogen and oxygen atoms in total. The van der Waals surface area contributed by atoms with Gasteiger partial charge in [-0.1, -0.05) is 90.5 Å². The van der Waals surface area contributed by atoms with Crippen molar-refractivity contribution in [1.29, 1.82) is 0 Å². The zero-order chi connectivity index (χ0) is 18.2. The number of benzene rings is 3. The Bertz CT molecular complexity index is 804. The molecule has 0 amide bonds. The molecule has 0 heterocycles. The fraction of sp³-hybridized carbons (Fsp3) is 0.240. The Morgan fingerprint density at radius 1 is 0.808 bits per heavy atom. The molecule has 3 rings (SSSR count). The summed E-state index contributed by atoms with van der Waals surface area (Å²) in [6, 6.07) is 28.9. The molecule has 0 spiro atoms. The van der Waals surface area contributed by atoms with Crippen molar-refractivity contribution in [3.05, 3.63) is 107 Å². The zero-order valence-corrected chi connectivity index (χ0v) is 15.4. The predicted molar refractivity (Wildman–Crippen MR) is 109 cm³/mol. The lowest BCUT2D eigenvalue weighted by molar-refractivity contribution is 0.0972. The normalized spacial score (nSPS) is 11.9. The van der Waals surface area contributed by atoms with Crippen LogP contribution in [0, 0.1) is 6.92 Å². The lowest BCUT2D eigenvalue weighted by Crippen LogP contribution is -2.08. The summed E-state index contributed by atoms with van der Waals surface area (Å²) in [6.07, 6.45) is 3.74. The van der Waals surface area contributed by atoms with E-state index in [9.17, 15) is 4.79 Å². The summed E-state index contributed by atoms with van der Waals surface area (Å²) in [4.78, 5) is 12.7. The molecule has 3 aromatic rings. The van der Waals surface area contributed by atoms with Crippen LogP contribution in [0.15, 0.2) is 84.9 Å². The molecule has 0 bridgehead atoms. The number of rotatable bonds is 8. The van der Waals surface area contributed by atoms with Gasteiger partial charge in [-0.3, -0.25) is 4.79 Å². The minimum Gasteiger partial charge on any atom is -0.294 e. The van der Waals surface area contributed by atoms with Crippen LogP contribution in [0.5, 0.6) is 0 Å². The van der Waals surface area contributed by atoms with E-state index in [1.165, 1.54) is 16.7 Å². The van der Waals surface area contributed by atoms with Crippen LogP contribution in [-0.4, -0.2) is 5.78 Å². The van der Waals surface area contributed by atoms with Crippen LogP contribution in [0.25, 0.3) is 0 Å². The molecule has 0 saturated carbocycles. The van der Waals surface area contributed by atoms with Crippen molar-refractivity contribution in [3.63, 3.8) is 0 Å². The Morgan fingerprint density at radius 3 is 2.08 bits per heavy atom. The molecule has 0 aliphatic carbocycles. The standard InChI is InChI=1S/C25H26O/c1-20-15-17-21(18-16-20)9-8-14-24(22-10-4-2-5-11-22)19-25(26)23-12-6-3-7-13-23/h2-7,10-13,15-18,24H,8-9,14,19H2,1H3. The van der Waals surface area contributed by atoms with E-state index in [-0.39, 0.29) is 11.7 Å². The van der Waals surface area contributed by atoms with Gasteiger partial charge < -0.3 is 0 Å². The van der Waals surface area contributed by atoms with Gasteiger partial charge in [0, 0.05) is 12.0 Å². The van der Waals surface area contributed by atoms with Gasteiger partial charge in [0.15, 0.2) is 5.78 Å². The lowest BCUT2D eigenvalue weighted by Gasteiger charge is -2.17. The molecule has 1 atom stereocenters. The topological polar surface area (TPSA) is 17.1 Å². The number of Topliss-reactive ketones (excluding diaryl/α,β-unsaturated/α-hetero) is 1. The van der Waals surface area contributed by atoms with E-state index in [2.05, 4.69) is 55.5 Å². The van der Waals surface area contributed by atoms with Gasteiger partial charge in [0.2, 0.25) is 0 Å². The van der Waals surface area contributed by atoms with Crippen LogP contribution in [-0.2, 0) is 6.42 Å².